The summed E-state index contributed by atoms with van der Waals surface area (Å²) in [5.74, 6) is -1.72. The molecule has 0 heterocycles. The molecule has 0 saturated heterocycles. The Morgan fingerprint density at radius 2 is 0.857 bits per heavy atom. The van der Waals surface area contributed by atoms with Gasteiger partial charge in [-0.05, 0) is 54.4 Å². The van der Waals surface area contributed by atoms with E-state index < -0.39 is 34.7 Å². The number of unbranched alkanes of at least 4 members (excludes halogenated alkanes) is 3. The van der Waals surface area contributed by atoms with Gasteiger partial charge < -0.3 is 18.9 Å². The molecule has 0 amide bonds. The van der Waals surface area contributed by atoms with Crippen LogP contribution in [0.5, 0.6) is 0 Å². The molecule has 0 aliphatic rings. The molecule has 0 bridgehead atoms. The zero-order valence-corrected chi connectivity index (χ0v) is 17.9. The van der Waals surface area contributed by atoms with Gasteiger partial charge in [-0.25, -0.2) is 0 Å². The van der Waals surface area contributed by atoms with Crippen LogP contribution in [-0.2, 0) is 38.1 Å². The van der Waals surface area contributed by atoms with Crippen LogP contribution in [0.25, 0.3) is 0 Å². The third-order valence-electron chi connectivity index (χ3n) is 3.56. The number of rotatable bonds is 11. The van der Waals surface area contributed by atoms with E-state index >= 15 is 0 Å². The van der Waals surface area contributed by atoms with Crippen molar-refractivity contribution in [3.05, 3.63) is 0 Å². The Hall–Kier alpha value is -2.12. The fourth-order valence-electron chi connectivity index (χ4n) is 1.77. The number of carbonyl (C=O) groups excluding carboxylic acids is 4. The largest absolute Gasteiger partial charge is 0.428 e. The second kappa shape index (κ2) is 12.4. The van der Waals surface area contributed by atoms with E-state index in [9.17, 15) is 19.2 Å². The van der Waals surface area contributed by atoms with E-state index in [1.807, 2.05) is 0 Å². The smallest absolute Gasteiger partial charge is 0.314 e. The second-order valence-corrected chi connectivity index (χ2v) is 8.55. The minimum atomic E-state index is -0.637. The van der Waals surface area contributed by atoms with Gasteiger partial charge in [0.15, 0.2) is 0 Å². The number of hydrogen-bond donors (Lipinski definition) is 0. The van der Waals surface area contributed by atoms with Crippen LogP contribution in [0.2, 0.25) is 0 Å². The van der Waals surface area contributed by atoms with Gasteiger partial charge in [-0.3, -0.25) is 19.2 Å². The van der Waals surface area contributed by atoms with Crippen molar-refractivity contribution in [2.45, 2.75) is 80.1 Å². The van der Waals surface area contributed by atoms with Gasteiger partial charge >= 0.3 is 23.9 Å². The summed E-state index contributed by atoms with van der Waals surface area (Å²) >= 11 is 0. The third-order valence-corrected chi connectivity index (χ3v) is 3.56. The number of esters is 4. The SMILES string of the molecule is CC(C)(C)C(=O)OCOC(=O)CCCCCCC(=O)OCOC(=O)C(C)(C)C. The maximum atomic E-state index is 11.5. The lowest BCUT2D eigenvalue weighted by Crippen LogP contribution is -2.24. The first-order valence-corrected chi connectivity index (χ1v) is 9.49. The average Bonchev–Trinajstić information content (AvgIpc) is 2.56. The van der Waals surface area contributed by atoms with E-state index in [1.54, 1.807) is 41.5 Å². The second-order valence-electron chi connectivity index (χ2n) is 8.55. The van der Waals surface area contributed by atoms with Crippen LogP contribution < -0.4 is 0 Å². The van der Waals surface area contributed by atoms with Crippen molar-refractivity contribution in [3.8, 4) is 0 Å². The highest BCUT2D eigenvalue weighted by Crippen LogP contribution is 2.16. The monoisotopic (exact) mass is 402 g/mol. The lowest BCUT2D eigenvalue weighted by Gasteiger charge is -2.16. The molecule has 0 fully saturated rings. The van der Waals surface area contributed by atoms with Crippen LogP contribution in [0.3, 0.4) is 0 Å². The van der Waals surface area contributed by atoms with Gasteiger partial charge in [0, 0.05) is 12.8 Å². The summed E-state index contributed by atoms with van der Waals surface area (Å²) in [5, 5.41) is 0. The summed E-state index contributed by atoms with van der Waals surface area (Å²) in [6.45, 7) is 9.53. The first-order chi connectivity index (χ1) is 12.8. The van der Waals surface area contributed by atoms with Gasteiger partial charge in [0.05, 0.1) is 10.8 Å². The van der Waals surface area contributed by atoms with Crippen LogP contribution in [0.4, 0.5) is 0 Å². The molecule has 0 aromatic carbocycles. The van der Waals surface area contributed by atoms with Crippen LogP contribution in [-0.4, -0.2) is 37.5 Å². The summed E-state index contributed by atoms with van der Waals surface area (Å²) in [7, 11) is 0. The molecular formula is C20H34O8. The minimum Gasteiger partial charge on any atom is -0.428 e. The Morgan fingerprint density at radius 1 is 0.536 bits per heavy atom. The van der Waals surface area contributed by atoms with Gasteiger partial charge in [-0.1, -0.05) is 12.8 Å². The van der Waals surface area contributed by atoms with Crippen LogP contribution in [0.15, 0.2) is 0 Å². The summed E-state index contributed by atoms with van der Waals surface area (Å²) in [6, 6.07) is 0. The lowest BCUT2D eigenvalue weighted by atomic mass is 9.97. The minimum absolute atomic E-state index is 0.222. The van der Waals surface area contributed by atoms with Crippen molar-refractivity contribution in [1.29, 1.82) is 0 Å². The van der Waals surface area contributed by atoms with E-state index in [-0.39, 0.29) is 26.4 Å². The first-order valence-electron chi connectivity index (χ1n) is 9.49. The van der Waals surface area contributed by atoms with Gasteiger partial charge in [-0.15, -0.1) is 0 Å². The Labute approximate surface area is 167 Å². The Balaban J connectivity index is 3.63. The Bertz CT molecular complexity index is 477. The molecule has 0 aliphatic heterocycles. The van der Waals surface area contributed by atoms with Crippen molar-refractivity contribution in [2.75, 3.05) is 13.6 Å². The van der Waals surface area contributed by atoms with Gasteiger partial charge in [0.1, 0.15) is 0 Å². The van der Waals surface area contributed by atoms with E-state index in [0.29, 0.717) is 12.8 Å². The summed E-state index contributed by atoms with van der Waals surface area (Å²) < 4.78 is 19.4. The molecule has 0 radical (unpaired) electrons. The lowest BCUT2D eigenvalue weighted by molar-refractivity contribution is -0.174. The molecule has 0 aliphatic carbocycles. The zero-order valence-electron chi connectivity index (χ0n) is 17.9. The van der Waals surface area contributed by atoms with Crippen LogP contribution in [0, 0.1) is 10.8 Å². The van der Waals surface area contributed by atoms with Gasteiger partial charge in [0.25, 0.3) is 0 Å². The molecule has 0 N–H and O–H groups in total. The highest BCUT2D eigenvalue weighted by Gasteiger charge is 2.24. The topological polar surface area (TPSA) is 105 Å². The van der Waals surface area contributed by atoms with E-state index in [0.717, 1.165) is 12.8 Å². The molecule has 0 atom stereocenters. The quantitative estimate of drug-likeness (QED) is 0.294. The molecule has 0 aromatic heterocycles. The van der Waals surface area contributed by atoms with Crippen molar-refractivity contribution in [2.24, 2.45) is 10.8 Å². The summed E-state index contributed by atoms with van der Waals surface area (Å²) in [5.41, 5.74) is -1.27. The normalized spacial score (nSPS) is 11.5. The first kappa shape index (κ1) is 25.9. The fourth-order valence-corrected chi connectivity index (χ4v) is 1.77. The van der Waals surface area contributed by atoms with E-state index in [4.69, 9.17) is 18.9 Å². The maximum absolute atomic E-state index is 11.5. The van der Waals surface area contributed by atoms with Crippen LogP contribution in [0.1, 0.15) is 80.1 Å². The molecule has 0 saturated carbocycles. The Morgan fingerprint density at radius 3 is 1.14 bits per heavy atom. The fraction of sp³-hybridized carbons (Fsp3) is 0.800. The molecule has 0 aromatic rings. The molecule has 28 heavy (non-hydrogen) atoms. The standard InChI is InChI=1S/C20H34O8/c1-19(2,3)17(23)27-13-25-15(21)11-9-7-8-10-12-16(22)26-14-28-18(24)20(4,5)6/h7-14H2,1-6H3. The number of carbonyl (C=O) groups is 4. The molecule has 0 unspecified atom stereocenters. The van der Waals surface area contributed by atoms with E-state index in [2.05, 4.69) is 0 Å². The highest BCUT2D eigenvalue weighted by molar-refractivity contribution is 5.76. The molecule has 8 heteroatoms. The molecular weight excluding hydrogens is 368 g/mol. The van der Waals surface area contributed by atoms with Crippen molar-refractivity contribution in [1.82, 2.24) is 0 Å². The highest BCUT2D eigenvalue weighted by atomic mass is 16.7. The Kier molecular flexibility index (Phi) is 11.4. The number of hydrogen-bond acceptors (Lipinski definition) is 8. The zero-order chi connectivity index (χ0) is 21.8. The molecule has 0 rings (SSSR count). The number of ether oxygens (including phenoxy) is 4. The summed E-state index contributed by atoms with van der Waals surface area (Å²) in [4.78, 5) is 46.1. The van der Waals surface area contributed by atoms with Crippen molar-refractivity contribution >= 4 is 23.9 Å². The van der Waals surface area contributed by atoms with Crippen LogP contribution >= 0.6 is 0 Å². The maximum Gasteiger partial charge on any atom is 0.314 e. The average molecular weight is 402 g/mol. The molecule has 0 spiro atoms. The predicted molar refractivity (Wildman–Crippen MR) is 101 cm³/mol. The van der Waals surface area contributed by atoms with Crippen molar-refractivity contribution < 1.29 is 38.1 Å². The predicted octanol–water partition coefficient (Wildman–Crippen LogP) is 3.51. The van der Waals surface area contributed by atoms with Gasteiger partial charge in [0.2, 0.25) is 13.6 Å². The summed E-state index contributed by atoms with van der Waals surface area (Å²) in [6.07, 6.45) is 3.18. The van der Waals surface area contributed by atoms with Crippen molar-refractivity contribution in [3.63, 3.8) is 0 Å². The third kappa shape index (κ3) is 13.1. The molecule has 8 nitrogen and oxygen atoms in total. The molecule has 162 valence electrons. The van der Waals surface area contributed by atoms with E-state index in [1.165, 1.54) is 0 Å². The van der Waals surface area contributed by atoms with Gasteiger partial charge in [-0.2, -0.15) is 0 Å².